The van der Waals surface area contributed by atoms with E-state index in [-0.39, 0.29) is 23.5 Å². The van der Waals surface area contributed by atoms with Gasteiger partial charge in [0.05, 0.1) is 23.7 Å². The van der Waals surface area contributed by atoms with Crippen LogP contribution >= 0.6 is 0 Å². The maximum Gasteiger partial charge on any atom is 0.338 e. The molecule has 1 fully saturated rings. The molecular formula is C17H23N3O7S. The molecule has 2 N–H and O–H groups in total. The number of rotatable bonds is 5. The molecule has 154 valence electrons. The number of morpholine rings is 1. The first-order valence-electron chi connectivity index (χ1n) is 8.59. The fraction of sp³-hybridized carbons (Fsp3) is 0.471. The van der Waals surface area contributed by atoms with E-state index in [0.717, 1.165) is 0 Å². The van der Waals surface area contributed by atoms with E-state index in [1.165, 1.54) is 36.5 Å². The van der Waals surface area contributed by atoms with Gasteiger partial charge in [0.15, 0.2) is 6.10 Å². The van der Waals surface area contributed by atoms with Gasteiger partial charge in [-0.3, -0.25) is 10.1 Å². The minimum absolute atomic E-state index is 0.00804. The van der Waals surface area contributed by atoms with Gasteiger partial charge in [-0.1, -0.05) is 6.07 Å². The molecule has 0 radical (unpaired) electrons. The van der Waals surface area contributed by atoms with Gasteiger partial charge in [0, 0.05) is 20.1 Å². The van der Waals surface area contributed by atoms with Crippen LogP contribution in [0.3, 0.4) is 0 Å². The lowest BCUT2D eigenvalue weighted by Crippen LogP contribution is -2.43. The number of sulfonamides is 1. The van der Waals surface area contributed by atoms with Gasteiger partial charge in [-0.2, -0.15) is 4.31 Å². The van der Waals surface area contributed by atoms with E-state index in [1.807, 2.05) is 5.32 Å². The first kappa shape index (κ1) is 21.8. The maximum atomic E-state index is 12.9. The van der Waals surface area contributed by atoms with Crippen molar-refractivity contribution in [3.05, 3.63) is 29.3 Å². The van der Waals surface area contributed by atoms with Crippen LogP contribution in [0.5, 0.6) is 0 Å². The summed E-state index contributed by atoms with van der Waals surface area (Å²) in [6.45, 7) is 3.99. The van der Waals surface area contributed by atoms with E-state index < -0.39 is 34.0 Å². The van der Waals surface area contributed by atoms with Crippen LogP contribution < -0.4 is 10.6 Å². The molecule has 1 aromatic carbocycles. The van der Waals surface area contributed by atoms with Gasteiger partial charge in [0.2, 0.25) is 10.0 Å². The molecule has 11 heteroatoms. The van der Waals surface area contributed by atoms with Crippen LogP contribution in [-0.4, -0.2) is 70.1 Å². The normalized spacial score (nSPS) is 16.1. The second-order valence-electron chi connectivity index (χ2n) is 6.11. The van der Waals surface area contributed by atoms with E-state index in [4.69, 9.17) is 9.47 Å². The maximum absolute atomic E-state index is 12.9. The minimum atomic E-state index is -3.80. The Morgan fingerprint density at radius 2 is 1.86 bits per heavy atom. The standard InChI is InChI=1S/C17H23N3O7S/c1-11-4-5-13(16(22)27-12(2)15(21)19-17(23)18-3)10-14(11)28(24,25)20-6-8-26-9-7-20/h4-5,10,12H,6-9H2,1-3H3,(H2,18,19,21,23). The topological polar surface area (TPSA) is 131 Å². The third-order valence-corrected chi connectivity index (χ3v) is 6.17. The molecule has 28 heavy (non-hydrogen) atoms. The second-order valence-corrected chi connectivity index (χ2v) is 8.02. The van der Waals surface area contributed by atoms with Crippen LogP contribution in [-0.2, 0) is 24.3 Å². The Labute approximate surface area is 163 Å². The van der Waals surface area contributed by atoms with E-state index in [0.29, 0.717) is 18.8 Å². The van der Waals surface area contributed by atoms with Crippen LogP contribution in [0.2, 0.25) is 0 Å². The zero-order chi connectivity index (χ0) is 20.9. The van der Waals surface area contributed by atoms with E-state index in [9.17, 15) is 22.8 Å². The zero-order valence-electron chi connectivity index (χ0n) is 15.9. The summed E-state index contributed by atoms with van der Waals surface area (Å²) >= 11 is 0. The summed E-state index contributed by atoms with van der Waals surface area (Å²) in [4.78, 5) is 35.3. The summed E-state index contributed by atoms with van der Waals surface area (Å²) in [7, 11) is -2.46. The number of nitrogens with zero attached hydrogens (tertiary/aromatic N) is 1. The quantitative estimate of drug-likeness (QED) is 0.651. The largest absolute Gasteiger partial charge is 0.449 e. The molecular weight excluding hydrogens is 390 g/mol. The zero-order valence-corrected chi connectivity index (χ0v) is 16.7. The number of amides is 3. The third kappa shape index (κ3) is 5.06. The van der Waals surface area contributed by atoms with Gasteiger partial charge in [0.1, 0.15) is 0 Å². The van der Waals surface area contributed by atoms with E-state index in [1.54, 1.807) is 6.92 Å². The molecule has 2 rings (SSSR count). The third-order valence-electron chi connectivity index (χ3n) is 4.13. The van der Waals surface area contributed by atoms with Crippen molar-refractivity contribution in [2.75, 3.05) is 33.4 Å². The van der Waals surface area contributed by atoms with Crippen LogP contribution in [0.25, 0.3) is 0 Å². The number of imide groups is 1. The molecule has 1 atom stereocenters. The number of carbonyl (C=O) groups is 3. The summed E-state index contributed by atoms with van der Waals surface area (Å²) in [5, 5.41) is 4.20. The van der Waals surface area contributed by atoms with Gasteiger partial charge >= 0.3 is 12.0 Å². The van der Waals surface area contributed by atoms with E-state index in [2.05, 4.69) is 5.32 Å². The number of benzene rings is 1. The summed E-state index contributed by atoms with van der Waals surface area (Å²) in [5.74, 6) is -1.68. The summed E-state index contributed by atoms with van der Waals surface area (Å²) < 4.78 is 37.3. The van der Waals surface area contributed by atoms with Crippen molar-refractivity contribution in [1.82, 2.24) is 14.9 Å². The lowest BCUT2D eigenvalue weighted by atomic mass is 10.1. The number of carbonyl (C=O) groups excluding carboxylic acids is 3. The number of urea groups is 1. The van der Waals surface area contributed by atoms with Crippen molar-refractivity contribution in [2.45, 2.75) is 24.8 Å². The Morgan fingerprint density at radius 3 is 2.46 bits per heavy atom. The summed E-state index contributed by atoms with van der Waals surface area (Å²) in [6.07, 6.45) is -1.24. The van der Waals surface area contributed by atoms with Crippen molar-refractivity contribution in [2.24, 2.45) is 0 Å². The van der Waals surface area contributed by atoms with Gasteiger partial charge in [-0.15, -0.1) is 0 Å². The van der Waals surface area contributed by atoms with Crippen LogP contribution in [0.15, 0.2) is 23.1 Å². The Kier molecular flexibility index (Phi) is 7.11. The average molecular weight is 413 g/mol. The molecule has 0 saturated carbocycles. The SMILES string of the molecule is CNC(=O)NC(=O)C(C)OC(=O)c1ccc(C)c(S(=O)(=O)N2CCOCC2)c1. The van der Waals surface area contributed by atoms with Gasteiger partial charge < -0.3 is 14.8 Å². The molecule has 0 bridgehead atoms. The highest BCUT2D eigenvalue weighted by atomic mass is 32.2. The summed E-state index contributed by atoms with van der Waals surface area (Å²) in [5.41, 5.74) is 0.463. The minimum Gasteiger partial charge on any atom is -0.449 e. The number of ether oxygens (including phenoxy) is 2. The predicted molar refractivity (Wildman–Crippen MR) is 98.2 cm³/mol. The number of hydrogen-bond acceptors (Lipinski definition) is 7. The first-order chi connectivity index (χ1) is 13.2. The van der Waals surface area contributed by atoms with Crippen LogP contribution in [0, 0.1) is 6.92 Å². The van der Waals surface area contributed by atoms with Gasteiger partial charge in [0.25, 0.3) is 5.91 Å². The highest BCUT2D eigenvalue weighted by molar-refractivity contribution is 7.89. The highest BCUT2D eigenvalue weighted by Crippen LogP contribution is 2.23. The van der Waals surface area contributed by atoms with Crippen molar-refractivity contribution < 1.29 is 32.3 Å². The number of esters is 1. The predicted octanol–water partition coefficient (Wildman–Crippen LogP) is 0.0168. The van der Waals surface area contributed by atoms with Crippen molar-refractivity contribution >= 4 is 27.9 Å². The Hall–Kier alpha value is -2.50. The molecule has 1 saturated heterocycles. The monoisotopic (exact) mass is 413 g/mol. The van der Waals surface area contributed by atoms with Crippen molar-refractivity contribution in [3.8, 4) is 0 Å². The molecule has 1 aliphatic heterocycles. The fourth-order valence-corrected chi connectivity index (χ4v) is 4.15. The molecule has 10 nitrogen and oxygen atoms in total. The lowest BCUT2D eigenvalue weighted by Gasteiger charge is -2.26. The number of nitrogens with one attached hydrogen (secondary N) is 2. The Balaban J connectivity index is 2.18. The molecule has 3 amide bonds. The summed E-state index contributed by atoms with van der Waals surface area (Å²) in [6, 6.07) is 3.41. The molecule has 1 heterocycles. The van der Waals surface area contributed by atoms with E-state index >= 15 is 0 Å². The smallest absolute Gasteiger partial charge is 0.338 e. The number of hydrogen-bond donors (Lipinski definition) is 2. The van der Waals surface area contributed by atoms with Gasteiger partial charge in [-0.25, -0.2) is 18.0 Å². The first-order valence-corrected chi connectivity index (χ1v) is 10.0. The van der Waals surface area contributed by atoms with Crippen LogP contribution in [0.1, 0.15) is 22.8 Å². The van der Waals surface area contributed by atoms with Crippen LogP contribution in [0.4, 0.5) is 4.79 Å². The fourth-order valence-electron chi connectivity index (χ4n) is 2.49. The van der Waals surface area contributed by atoms with Gasteiger partial charge in [-0.05, 0) is 31.5 Å². The molecule has 0 aromatic heterocycles. The number of aryl methyl sites for hydroxylation is 1. The average Bonchev–Trinajstić information content (AvgIpc) is 2.68. The molecule has 1 aliphatic rings. The lowest BCUT2D eigenvalue weighted by molar-refractivity contribution is -0.127. The Morgan fingerprint density at radius 1 is 1.21 bits per heavy atom. The Bertz CT molecular complexity index is 864. The molecule has 1 aromatic rings. The van der Waals surface area contributed by atoms with Crippen molar-refractivity contribution in [3.63, 3.8) is 0 Å². The highest BCUT2D eigenvalue weighted by Gasteiger charge is 2.29. The molecule has 1 unspecified atom stereocenters. The molecule has 0 spiro atoms. The second kappa shape index (κ2) is 9.13. The molecule has 0 aliphatic carbocycles. The van der Waals surface area contributed by atoms with Crippen molar-refractivity contribution in [1.29, 1.82) is 0 Å².